The third kappa shape index (κ3) is 3.37. The molecule has 1 heterocycles. The lowest BCUT2D eigenvalue weighted by Gasteiger charge is -2.27. The number of rotatable bonds is 2. The molecule has 1 aliphatic carbocycles. The third-order valence-corrected chi connectivity index (χ3v) is 3.87. The Morgan fingerprint density at radius 2 is 2.35 bits per heavy atom. The Kier molecular flexibility index (Phi) is 4.41. The first kappa shape index (κ1) is 14.5. The fourth-order valence-electron chi connectivity index (χ4n) is 2.57. The van der Waals surface area contributed by atoms with Gasteiger partial charge in [-0.3, -0.25) is 4.79 Å². The van der Waals surface area contributed by atoms with Crippen molar-refractivity contribution < 1.29 is 9.90 Å². The number of nitrogens with one attached hydrogen (secondary N) is 1. The van der Waals surface area contributed by atoms with Gasteiger partial charge in [-0.1, -0.05) is 32.1 Å². The van der Waals surface area contributed by atoms with Crippen molar-refractivity contribution in [1.29, 1.82) is 0 Å². The molecule has 1 aromatic rings. The number of aliphatic hydroxyl groups excluding tert-OH is 1. The molecule has 20 heavy (non-hydrogen) atoms. The summed E-state index contributed by atoms with van der Waals surface area (Å²) >= 11 is 0. The van der Waals surface area contributed by atoms with Gasteiger partial charge in [0.05, 0.1) is 0 Å². The first-order chi connectivity index (χ1) is 9.53. The molecule has 1 unspecified atom stereocenters. The minimum absolute atomic E-state index is 0.133. The van der Waals surface area contributed by atoms with E-state index in [9.17, 15) is 4.79 Å². The van der Waals surface area contributed by atoms with Gasteiger partial charge in [-0.15, -0.1) is 0 Å². The molecule has 106 valence electrons. The Bertz CT molecular complexity index is 538. The maximum absolute atomic E-state index is 12.2. The predicted molar refractivity (Wildman–Crippen MR) is 77.1 cm³/mol. The van der Waals surface area contributed by atoms with Crippen molar-refractivity contribution in [2.45, 2.75) is 39.2 Å². The van der Waals surface area contributed by atoms with Crippen molar-refractivity contribution in [1.82, 2.24) is 10.3 Å². The monoisotopic (exact) mass is 272 g/mol. The third-order valence-electron chi connectivity index (χ3n) is 3.87. The van der Waals surface area contributed by atoms with Gasteiger partial charge in [-0.05, 0) is 30.4 Å². The molecule has 0 aliphatic heterocycles. The lowest BCUT2D eigenvalue weighted by Crippen LogP contribution is -2.41. The molecule has 0 spiro atoms. The van der Waals surface area contributed by atoms with Crippen LogP contribution in [0.1, 0.15) is 49.2 Å². The van der Waals surface area contributed by atoms with Crippen LogP contribution in [-0.4, -0.2) is 28.6 Å². The number of pyridine rings is 1. The molecule has 1 fully saturated rings. The summed E-state index contributed by atoms with van der Waals surface area (Å²) in [6.07, 6.45) is 4.87. The van der Waals surface area contributed by atoms with Gasteiger partial charge in [0.2, 0.25) is 0 Å². The molecule has 4 heteroatoms. The number of amides is 1. The molecule has 1 aliphatic rings. The van der Waals surface area contributed by atoms with Crippen LogP contribution < -0.4 is 5.32 Å². The SMILES string of the molecule is CC1(C)CCCC1NC(=O)c1ccc(C#CCO)cn1. The quantitative estimate of drug-likeness (QED) is 0.806. The maximum atomic E-state index is 12.2. The normalized spacial score (nSPS) is 20.1. The minimum atomic E-state index is -0.182. The second-order valence-corrected chi connectivity index (χ2v) is 5.80. The van der Waals surface area contributed by atoms with E-state index in [1.165, 1.54) is 0 Å². The highest BCUT2D eigenvalue weighted by Gasteiger charge is 2.35. The van der Waals surface area contributed by atoms with Gasteiger partial charge in [0, 0.05) is 17.8 Å². The van der Waals surface area contributed by atoms with Crippen molar-refractivity contribution >= 4 is 5.91 Å². The van der Waals surface area contributed by atoms with E-state index in [0.717, 1.165) is 19.3 Å². The minimum Gasteiger partial charge on any atom is -0.384 e. The zero-order valence-electron chi connectivity index (χ0n) is 11.9. The first-order valence-corrected chi connectivity index (χ1v) is 6.89. The lowest BCUT2D eigenvalue weighted by molar-refractivity contribution is 0.0905. The second kappa shape index (κ2) is 6.06. The molecule has 0 saturated heterocycles. The molecule has 0 bridgehead atoms. The van der Waals surface area contributed by atoms with E-state index in [0.29, 0.717) is 11.3 Å². The standard InChI is InChI=1S/C16H20N2O2/c1-16(2)9-3-6-14(16)18-15(20)13-8-7-12(11-17-13)5-4-10-19/h7-8,11,14,19H,3,6,9-10H2,1-2H3,(H,18,20). The highest BCUT2D eigenvalue weighted by atomic mass is 16.2. The Balaban J connectivity index is 2.02. The van der Waals surface area contributed by atoms with Crippen LogP contribution in [0.4, 0.5) is 0 Å². The molecule has 4 nitrogen and oxygen atoms in total. The molecule has 1 saturated carbocycles. The zero-order valence-corrected chi connectivity index (χ0v) is 11.9. The van der Waals surface area contributed by atoms with Crippen LogP contribution >= 0.6 is 0 Å². The van der Waals surface area contributed by atoms with E-state index in [-0.39, 0.29) is 24.0 Å². The van der Waals surface area contributed by atoms with E-state index >= 15 is 0 Å². The second-order valence-electron chi connectivity index (χ2n) is 5.80. The maximum Gasteiger partial charge on any atom is 0.270 e. The average Bonchev–Trinajstić information content (AvgIpc) is 2.76. The fraction of sp³-hybridized carbons (Fsp3) is 0.500. The van der Waals surface area contributed by atoms with Crippen LogP contribution in [0.3, 0.4) is 0 Å². The van der Waals surface area contributed by atoms with Gasteiger partial charge < -0.3 is 10.4 Å². The highest BCUT2D eigenvalue weighted by Crippen LogP contribution is 2.37. The van der Waals surface area contributed by atoms with E-state index < -0.39 is 0 Å². The van der Waals surface area contributed by atoms with Gasteiger partial charge >= 0.3 is 0 Å². The fourth-order valence-corrected chi connectivity index (χ4v) is 2.57. The number of nitrogens with zero attached hydrogens (tertiary/aromatic N) is 1. The van der Waals surface area contributed by atoms with E-state index in [1.807, 2.05) is 0 Å². The number of aliphatic hydroxyl groups is 1. The van der Waals surface area contributed by atoms with Crippen molar-refractivity contribution in [2.75, 3.05) is 6.61 Å². The smallest absolute Gasteiger partial charge is 0.270 e. The van der Waals surface area contributed by atoms with Crippen molar-refractivity contribution in [3.8, 4) is 11.8 Å². The molecule has 1 atom stereocenters. The van der Waals surface area contributed by atoms with Gasteiger partial charge in [0.15, 0.2) is 0 Å². The van der Waals surface area contributed by atoms with E-state index in [2.05, 4.69) is 36.0 Å². The molecule has 2 N–H and O–H groups in total. The summed E-state index contributed by atoms with van der Waals surface area (Å²) in [6, 6.07) is 3.62. The van der Waals surface area contributed by atoms with Crippen molar-refractivity contribution in [2.24, 2.45) is 5.41 Å². The molecular formula is C16H20N2O2. The van der Waals surface area contributed by atoms with Crippen LogP contribution in [0.5, 0.6) is 0 Å². The summed E-state index contributed by atoms with van der Waals surface area (Å²) in [5, 5.41) is 11.7. The van der Waals surface area contributed by atoms with Crippen molar-refractivity contribution in [3.63, 3.8) is 0 Å². The number of hydrogen-bond acceptors (Lipinski definition) is 3. The zero-order chi connectivity index (χ0) is 14.6. The van der Waals surface area contributed by atoms with Crippen LogP contribution in [0, 0.1) is 17.3 Å². The van der Waals surface area contributed by atoms with E-state index in [1.54, 1.807) is 18.3 Å². The topological polar surface area (TPSA) is 62.2 Å². The summed E-state index contributed by atoms with van der Waals surface area (Å²) in [6.45, 7) is 4.19. The van der Waals surface area contributed by atoms with Gasteiger partial charge in [-0.25, -0.2) is 4.98 Å². The average molecular weight is 272 g/mol. The predicted octanol–water partition coefficient (Wildman–Crippen LogP) is 1.73. The van der Waals surface area contributed by atoms with E-state index in [4.69, 9.17) is 5.11 Å². The Labute approximate surface area is 119 Å². The summed E-state index contributed by atoms with van der Waals surface area (Å²) in [7, 11) is 0. The molecule has 0 radical (unpaired) electrons. The molecular weight excluding hydrogens is 252 g/mol. The van der Waals surface area contributed by atoms with Gasteiger partial charge in [0.1, 0.15) is 12.3 Å². The number of aromatic nitrogens is 1. The molecule has 1 amide bonds. The Morgan fingerprint density at radius 3 is 2.90 bits per heavy atom. The van der Waals surface area contributed by atoms with Crippen LogP contribution in [0.25, 0.3) is 0 Å². The number of carbonyl (C=O) groups excluding carboxylic acids is 1. The summed E-state index contributed by atoms with van der Waals surface area (Å²) in [5.74, 6) is 5.17. The summed E-state index contributed by atoms with van der Waals surface area (Å²) in [5.41, 5.74) is 1.25. The number of carbonyl (C=O) groups is 1. The van der Waals surface area contributed by atoms with Crippen LogP contribution in [-0.2, 0) is 0 Å². The molecule has 2 rings (SSSR count). The van der Waals surface area contributed by atoms with Crippen LogP contribution in [0.15, 0.2) is 18.3 Å². The van der Waals surface area contributed by atoms with Gasteiger partial charge in [0.25, 0.3) is 5.91 Å². The highest BCUT2D eigenvalue weighted by molar-refractivity contribution is 5.92. The molecule has 1 aromatic heterocycles. The Morgan fingerprint density at radius 1 is 1.55 bits per heavy atom. The largest absolute Gasteiger partial charge is 0.384 e. The first-order valence-electron chi connectivity index (χ1n) is 6.89. The molecule has 0 aromatic carbocycles. The number of hydrogen-bond donors (Lipinski definition) is 2. The van der Waals surface area contributed by atoms with Crippen molar-refractivity contribution in [3.05, 3.63) is 29.6 Å². The summed E-state index contributed by atoms with van der Waals surface area (Å²) in [4.78, 5) is 16.3. The van der Waals surface area contributed by atoms with Crippen LogP contribution in [0.2, 0.25) is 0 Å². The summed E-state index contributed by atoms with van der Waals surface area (Å²) < 4.78 is 0. The Hall–Kier alpha value is -1.86. The lowest BCUT2D eigenvalue weighted by atomic mass is 9.87. The van der Waals surface area contributed by atoms with Gasteiger partial charge in [-0.2, -0.15) is 0 Å².